The van der Waals surface area contributed by atoms with Crippen LogP contribution in [-0.2, 0) is 18.3 Å². The molecule has 0 aromatic carbocycles. The molecular weight excluding hydrogens is 291 g/mol. The van der Waals surface area contributed by atoms with Gasteiger partial charge < -0.3 is 13.8 Å². The van der Waals surface area contributed by atoms with Crippen molar-refractivity contribution in [2.45, 2.75) is 53.4 Å². The summed E-state index contributed by atoms with van der Waals surface area (Å²) in [7, 11) is -4.49. The SMILES string of the molecule is CCOP(=O)(OCC)/C(=C/C(C)C)OCC[Si](C)(C)C. The zero-order valence-corrected chi connectivity index (χ0v) is 16.0. The van der Waals surface area contributed by atoms with Gasteiger partial charge in [-0.1, -0.05) is 33.5 Å². The Bertz CT molecular complexity index is 338. The summed E-state index contributed by atoms with van der Waals surface area (Å²) in [5, 5.41) is 0. The van der Waals surface area contributed by atoms with Gasteiger partial charge in [0.05, 0.1) is 19.8 Å². The second-order valence-electron chi connectivity index (χ2n) is 6.24. The van der Waals surface area contributed by atoms with Crippen LogP contribution in [0.5, 0.6) is 0 Å². The van der Waals surface area contributed by atoms with Crippen molar-refractivity contribution in [1.29, 1.82) is 0 Å². The van der Waals surface area contributed by atoms with E-state index in [1.54, 1.807) is 13.8 Å². The molecule has 0 aliphatic carbocycles. The lowest BCUT2D eigenvalue weighted by Crippen LogP contribution is -2.21. The molecule has 0 fully saturated rings. The molecule has 0 spiro atoms. The van der Waals surface area contributed by atoms with E-state index in [1.807, 2.05) is 19.9 Å². The summed E-state index contributed by atoms with van der Waals surface area (Å²) in [6.45, 7) is 15.7. The highest BCUT2D eigenvalue weighted by Gasteiger charge is 2.32. The molecule has 120 valence electrons. The predicted octanol–water partition coefficient (Wildman–Crippen LogP) is 5.10. The van der Waals surface area contributed by atoms with Gasteiger partial charge in [0.1, 0.15) is 0 Å². The molecule has 0 aliphatic rings. The van der Waals surface area contributed by atoms with Gasteiger partial charge in [0.25, 0.3) is 0 Å². The van der Waals surface area contributed by atoms with Gasteiger partial charge in [-0.05, 0) is 31.9 Å². The van der Waals surface area contributed by atoms with Crippen LogP contribution in [-0.4, -0.2) is 27.9 Å². The van der Waals surface area contributed by atoms with Crippen LogP contribution in [0.2, 0.25) is 25.7 Å². The average molecular weight is 322 g/mol. The molecule has 0 radical (unpaired) electrons. The molecule has 0 aromatic rings. The van der Waals surface area contributed by atoms with E-state index >= 15 is 0 Å². The summed E-state index contributed by atoms with van der Waals surface area (Å²) in [4.78, 5) is 0. The molecular formula is C14H31O4PSi. The molecule has 0 bridgehead atoms. The molecule has 6 heteroatoms. The van der Waals surface area contributed by atoms with Gasteiger partial charge >= 0.3 is 7.60 Å². The van der Waals surface area contributed by atoms with Crippen molar-refractivity contribution in [2.75, 3.05) is 19.8 Å². The van der Waals surface area contributed by atoms with Crippen molar-refractivity contribution in [3.8, 4) is 0 Å². The Hall–Kier alpha value is -0.0931. The first-order valence-electron chi connectivity index (χ1n) is 7.39. The van der Waals surface area contributed by atoms with Crippen LogP contribution < -0.4 is 0 Å². The third kappa shape index (κ3) is 8.25. The van der Waals surface area contributed by atoms with Crippen LogP contribution in [0.15, 0.2) is 11.6 Å². The van der Waals surface area contributed by atoms with Crippen LogP contribution in [0.3, 0.4) is 0 Å². The number of hydrogen-bond donors (Lipinski definition) is 0. The second-order valence-corrected chi connectivity index (χ2v) is 13.8. The van der Waals surface area contributed by atoms with Gasteiger partial charge in [0.2, 0.25) is 5.50 Å². The van der Waals surface area contributed by atoms with Gasteiger partial charge in [-0.15, -0.1) is 0 Å². The highest BCUT2D eigenvalue weighted by atomic mass is 31.2. The van der Waals surface area contributed by atoms with E-state index in [0.29, 0.717) is 25.3 Å². The first kappa shape index (κ1) is 19.9. The maximum Gasteiger partial charge on any atom is 0.395 e. The van der Waals surface area contributed by atoms with Crippen molar-refractivity contribution < 1.29 is 18.3 Å². The lowest BCUT2D eigenvalue weighted by atomic mass is 10.2. The fraction of sp³-hybridized carbons (Fsp3) is 0.857. The molecule has 20 heavy (non-hydrogen) atoms. The molecule has 0 aromatic heterocycles. The molecule has 0 N–H and O–H groups in total. The van der Waals surface area contributed by atoms with Crippen molar-refractivity contribution in [1.82, 2.24) is 0 Å². The highest BCUT2D eigenvalue weighted by Crippen LogP contribution is 2.56. The van der Waals surface area contributed by atoms with Crippen LogP contribution in [0.1, 0.15) is 27.7 Å². The van der Waals surface area contributed by atoms with Crippen molar-refractivity contribution in [2.24, 2.45) is 5.92 Å². The Morgan fingerprint density at radius 2 is 1.65 bits per heavy atom. The van der Waals surface area contributed by atoms with Gasteiger partial charge in [-0.3, -0.25) is 4.57 Å². The van der Waals surface area contributed by atoms with E-state index < -0.39 is 15.7 Å². The number of allylic oxidation sites excluding steroid dienone is 1. The third-order valence-corrected chi connectivity index (χ3v) is 6.16. The van der Waals surface area contributed by atoms with E-state index in [4.69, 9.17) is 13.8 Å². The van der Waals surface area contributed by atoms with Crippen LogP contribution in [0.25, 0.3) is 0 Å². The van der Waals surface area contributed by atoms with Crippen LogP contribution in [0.4, 0.5) is 0 Å². The Balaban J connectivity index is 4.99. The largest absolute Gasteiger partial charge is 0.486 e. The molecule has 0 atom stereocenters. The van der Waals surface area contributed by atoms with Gasteiger partial charge in [0, 0.05) is 8.07 Å². The smallest absolute Gasteiger partial charge is 0.395 e. The lowest BCUT2D eigenvalue weighted by molar-refractivity contribution is 0.181. The zero-order chi connectivity index (χ0) is 15.8. The lowest BCUT2D eigenvalue weighted by Gasteiger charge is -2.23. The molecule has 0 amide bonds. The van der Waals surface area contributed by atoms with E-state index in [1.165, 1.54) is 0 Å². The summed E-state index contributed by atoms with van der Waals surface area (Å²) in [5.41, 5.74) is 0.370. The third-order valence-electron chi connectivity index (χ3n) is 2.45. The monoisotopic (exact) mass is 322 g/mol. The first-order chi connectivity index (χ1) is 9.14. The van der Waals surface area contributed by atoms with Crippen molar-refractivity contribution in [3.05, 3.63) is 11.6 Å². The summed E-state index contributed by atoms with van der Waals surface area (Å²) in [6, 6.07) is 1.01. The normalized spacial score (nSPS) is 13.9. The molecule has 4 nitrogen and oxygen atoms in total. The summed E-state index contributed by atoms with van der Waals surface area (Å²) in [6.07, 6.45) is 1.84. The summed E-state index contributed by atoms with van der Waals surface area (Å²) in [5.74, 6) is 0.228. The number of rotatable bonds is 10. The first-order valence-corrected chi connectivity index (χ1v) is 12.6. The van der Waals surface area contributed by atoms with E-state index in [0.717, 1.165) is 6.04 Å². The molecule has 0 unspecified atom stereocenters. The quantitative estimate of drug-likeness (QED) is 0.319. The summed E-state index contributed by atoms with van der Waals surface area (Å²) >= 11 is 0. The maximum atomic E-state index is 12.8. The zero-order valence-electron chi connectivity index (χ0n) is 14.1. The predicted molar refractivity (Wildman–Crippen MR) is 87.9 cm³/mol. The molecule has 0 rings (SSSR count). The van der Waals surface area contributed by atoms with Gasteiger partial charge in [-0.2, -0.15) is 0 Å². The van der Waals surface area contributed by atoms with Crippen molar-refractivity contribution in [3.63, 3.8) is 0 Å². The van der Waals surface area contributed by atoms with Crippen LogP contribution in [0, 0.1) is 5.92 Å². The average Bonchev–Trinajstić information content (AvgIpc) is 2.26. The number of ether oxygens (including phenoxy) is 1. The Morgan fingerprint density at radius 1 is 1.15 bits per heavy atom. The summed E-state index contributed by atoms with van der Waals surface area (Å²) < 4.78 is 29.3. The molecule has 0 aliphatic heterocycles. The highest BCUT2D eigenvalue weighted by molar-refractivity contribution is 7.58. The minimum atomic E-state index is -3.31. The fourth-order valence-electron chi connectivity index (χ4n) is 1.47. The van der Waals surface area contributed by atoms with Crippen LogP contribution >= 0.6 is 7.60 Å². The Morgan fingerprint density at radius 3 is 2.00 bits per heavy atom. The Kier molecular flexibility index (Phi) is 8.99. The van der Waals surface area contributed by atoms with E-state index in [2.05, 4.69) is 19.6 Å². The van der Waals surface area contributed by atoms with Crippen molar-refractivity contribution >= 4 is 15.7 Å². The minimum absolute atomic E-state index is 0.228. The van der Waals surface area contributed by atoms with Gasteiger partial charge in [0.15, 0.2) is 0 Å². The standard InChI is InChI=1S/C14H31O4PSi/c1-8-17-19(15,18-9-2)14(12-13(3)4)16-10-11-20(5,6)7/h12-13H,8-11H2,1-7H3/b14-12+. The number of hydrogen-bond acceptors (Lipinski definition) is 4. The Labute approximate surface area is 125 Å². The molecule has 0 saturated heterocycles. The topological polar surface area (TPSA) is 44.8 Å². The van der Waals surface area contributed by atoms with E-state index in [9.17, 15) is 4.57 Å². The minimum Gasteiger partial charge on any atom is -0.486 e. The van der Waals surface area contributed by atoms with Gasteiger partial charge in [-0.25, -0.2) is 0 Å². The molecule has 0 saturated carbocycles. The second kappa shape index (κ2) is 9.03. The van der Waals surface area contributed by atoms with E-state index in [-0.39, 0.29) is 5.92 Å². The molecule has 0 heterocycles. The fourth-order valence-corrected chi connectivity index (χ4v) is 3.92. The maximum absolute atomic E-state index is 12.8.